The molecule has 2 atom stereocenters. The van der Waals surface area contributed by atoms with Crippen molar-refractivity contribution in [2.75, 3.05) is 0 Å². The van der Waals surface area contributed by atoms with E-state index < -0.39 is 29.6 Å². The molecule has 0 aromatic heterocycles. The summed E-state index contributed by atoms with van der Waals surface area (Å²) in [5, 5.41) is 11.4. The second-order valence-corrected chi connectivity index (χ2v) is 5.96. The van der Waals surface area contributed by atoms with Crippen LogP contribution in [0.2, 0.25) is 0 Å². The number of ether oxygens (including phenoxy) is 1. The molecule has 1 rings (SSSR count). The number of hydrogen-bond donors (Lipinski definition) is 2. The number of hydrogen-bond acceptors (Lipinski definition) is 5. The standard InChI is InChI=1S/C16H23NO5/c1-5-12(17-15(19)21-16(2,3)4)13(14(18)22-20)11-9-7-6-8-10-11/h6-10,12-13,20H,5H2,1-4H3,(H,17,19)/t12-,13-/m0/s1. The summed E-state index contributed by atoms with van der Waals surface area (Å²) in [4.78, 5) is 27.7. The number of nitrogens with one attached hydrogen (secondary N) is 1. The molecule has 0 spiro atoms. The van der Waals surface area contributed by atoms with Gasteiger partial charge >= 0.3 is 12.1 Å². The first-order valence-corrected chi connectivity index (χ1v) is 7.18. The molecule has 0 unspecified atom stereocenters. The van der Waals surface area contributed by atoms with Gasteiger partial charge in [0.15, 0.2) is 0 Å². The largest absolute Gasteiger partial charge is 0.444 e. The Labute approximate surface area is 130 Å². The third kappa shape index (κ3) is 5.37. The Balaban J connectivity index is 2.95. The van der Waals surface area contributed by atoms with Crippen LogP contribution in [-0.4, -0.2) is 29.0 Å². The molecule has 122 valence electrons. The molecular formula is C16H23NO5. The van der Waals surface area contributed by atoms with Gasteiger partial charge in [0.2, 0.25) is 0 Å². The van der Waals surface area contributed by atoms with Crippen LogP contribution in [0.1, 0.15) is 45.6 Å². The summed E-state index contributed by atoms with van der Waals surface area (Å²) in [6.07, 6.45) is -0.153. The van der Waals surface area contributed by atoms with Crippen molar-refractivity contribution >= 4 is 12.1 Å². The predicted octanol–water partition coefficient (Wildman–Crippen LogP) is 3.09. The average molecular weight is 309 g/mol. The lowest BCUT2D eigenvalue weighted by Crippen LogP contribution is -2.44. The van der Waals surface area contributed by atoms with Gasteiger partial charge < -0.3 is 14.9 Å². The number of rotatable bonds is 5. The molecule has 22 heavy (non-hydrogen) atoms. The lowest BCUT2D eigenvalue weighted by atomic mass is 9.90. The summed E-state index contributed by atoms with van der Waals surface area (Å²) < 4.78 is 5.20. The van der Waals surface area contributed by atoms with Crippen LogP contribution in [0, 0.1) is 0 Å². The predicted molar refractivity (Wildman–Crippen MR) is 81.4 cm³/mol. The van der Waals surface area contributed by atoms with Crippen LogP contribution in [0.4, 0.5) is 4.79 Å². The second kappa shape index (κ2) is 7.79. The van der Waals surface area contributed by atoms with Gasteiger partial charge in [0.25, 0.3) is 0 Å². The van der Waals surface area contributed by atoms with E-state index in [0.717, 1.165) is 0 Å². The summed E-state index contributed by atoms with van der Waals surface area (Å²) >= 11 is 0. The van der Waals surface area contributed by atoms with Gasteiger partial charge in [0, 0.05) is 6.04 Å². The third-order valence-corrected chi connectivity index (χ3v) is 3.05. The lowest BCUT2D eigenvalue weighted by Gasteiger charge is -2.27. The van der Waals surface area contributed by atoms with E-state index in [2.05, 4.69) is 10.2 Å². The number of benzene rings is 1. The molecule has 0 bridgehead atoms. The Kier molecular flexibility index (Phi) is 6.37. The first kappa shape index (κ1) is 18.0. The van der Waals surface area contributed by atoms with Crippen LogP contribution in [0.3, 0.4) is 0 Å². The van der Waals surface area contributed by atoms with Gasteiger partial charge in [-0.05, 0) is 32.8 Å². The molecule has 0 aliphatic carbocycles. The van der Waals surface area contributed by atoms with Crippen LogP contribution in [-0.2, 0) is 14.4 Å². The van der Waals surface area contributed by atoms with Crippen LogP contribution in [0.15, 0.2) is 30.3 Å². The van der Waals surface area contributed by atoms with E-state index in [4.69, 9.17) is 9.99 Å². The zero-order valence-electron chi connectivity index (χ0n) is 13.3. The van der Waals surface area contributed by atoms with Crippen LogP contribution < -0.4 is 5.32 Å². The minimum atomic E-state index is -0.825. The highest BCUT2D eigenvalue weighted by molar-refractivity contribution is 5.80. The summed E-state index contributed by atoms with van der Waals surface area (Å²) in [5.41, 5.74) is 0.00622. The Morgan fingerprint density at radius 1 is 1.23 bits per heavy atom. The maximum absolute atomic E-state index is 11.9. The minimum Gasteiger partial charge on any atom is -0.444 e. The van der Waals surface area contributed by atoms with E-state index in [9.17, 15) is 9.59 Å². The Hall–Kier alpha value is -2.08. The molecule has 0 saturated carbocycles. The van der Waals surface area contributed by atoms with Crippen molar-refractivity contribution < 1.29 is 24.5 Å². The Morgan fingerprint density at radius 2 is 1.82 bits per heavy atom. The molecule has 0 heterocycles. The van der Waals surface area contributed by atoms with E-state index >= 15 is 0 Å². The molecule has 0 fully saturated rings. The summed E-state index contributed by atoms with van der Waals surface area (Å²) in [6.45, 7) is 7.08. The fourth-order valence-electron chi connectivity index (χ4n) is 2.13. The van der Waals surface area contributed by atoms with Crippen molar-refractivity contribution in [1.29, 1.82) is 0 Å². The number of carbonyl (C=O) groups is 2. The topological polar surface area (TPSA) is 84.9 Å². The highest BCUT2D eigenvalue weighted by Crippen LogP contribution is 2.23. The normalized spacial score (nSPS) is 13.9. The SMILES string of the molecule is CC[C@H](NC(=O)OC(C)(C)C)[C@@H](C(=O)OO)c1ccccc1. The Morgan fingerprint density at radius 3 is 2.27 bits per heavy atom. The third-order valence-electron chi connectivity index (χ3n) is 3.05. The quantitative estimate of drug-likeness (QED) is 0.645. The molecule has 2 N–H and O–H groups in total. The van der Waals surface area contributed by atoms with E-state index in [0.29, 0.717) is 12.0 Å². The van der Waals surface area contributed by atoms with Gasteiger partial charge in [0.1, 0.15) is 11.5 Å². The first-order chi connectivity index (χ1) is 10.3. The van der Waals surface area contributed by atoms with Gasteiger partial charge in [0.05, 0.1) is 0 Å². The van der Waals surface area contributed by atoms with E-state index in [-0.39, 0.29) is 0 Å². The second-order valence-electron chi connectivity index (χ2n) is 5.96. The molecular weight excluding hydrogens is 286 g/mol. The fraction of sp³-hybridized carbons (Fsp3) is 0.500. The van der Waals surface area contributed by atoms with Crippen molar-refractivity contribution in [2.24, 2.45) is 0 Å². The van der Waals surface area contributed by atoms with Crippen molar-refractivity contribution in [3.8, 4) is 0 Å². The van der Waals surface area contributed by atoms with Crippen molar-refractivity contribution in [3.05, 3.63) is 35.9 Å². The van der Waals surface area contributed by atoms with Gasteiger partial charge in [-0.15, -0.1) is 0 Å². The zero-order valence-corrected chi connectivity index (χ0v) is 13.3. The van der Waals surface area contributed by atoms with Crippen LogP contribution >= 0.6 is 0 Å². The van der Waals surface area contributed by atoms with Gasteiger partial charge in [-0.2, -0.15) is 5.26 Å². The van der Waals surface area contributed by atoms with Gasteiger partial charge in [-0.25, -0.2) is 9.59 Å². The van der Waals surface area contributed by atoms with Crippen LogP contribution in [0.5, 0.6) is 0 Å². The zero-order chi connectivity index (χ0) is 16.8. The Bertz CT molecular complexity index is 495. The molecule has 1 aromatic carbocycles. The summed E-state index contributed by atoms with van der Waals surface area (Å²) in [6, 6.07) is 8.27. The number of amides is 1. The van der Waals surface area contributed by atoms with Crippen molar-refractivity contribution in [2.45, 2.75) is 51.7 Å². The summed E-state index contributed by atoms with van der Waals surface area (Å²) in [5.74, 6) is -1.64. The molecule has 1 aromatic rings. The molecule has 1 amide bonds. The summed E-state index contributed by atoms with van der Waals surface area (Å²) in [7, 11) is 0. The fourth-order valence-corrected chi connectivity index (χ4v) is 2.13. The van der Waals surface area contributed by atoms with Crippen LogP contribution in [0.25, 0.3) is 0 Å². The average Bonchev–Trinajstić information content (AvgIpc) is 2.45. The monoisotopic (exact) mass is 309 g/mol. The van der Waals surface area contributed by atoms with Crippen molar-refractivity contribution in [3.63, 3.8) is 0 Å². The minimum absolute atomic E-state index is 0.466. The highest BCUT2D eigenvalue weighted by atomic mass is 17.1. The van der Waals surface area contributed by atoms with Crippen molar-refractivity contribution in [1.82, 2.24) is 5.32 Å². The lowest BCUT2D eigenvalue weighted by molar-refractivity contribution is -0.236. The highest BCUT2D eigenvalue weighted by Gasteiger charge is 2.32. The smallest absolute Gasteiger partial charge is 0.407 e. The van der Waals surface area contributed by atoms with E-state index in [1.807, 2.05) is 13.0 Å². The molecule has 0 radical (unpaired) electrons. The molecule has 0 aliphatic heterocycles. The molecule has 6 nitrogen and oxygen atoms in total. The van der Waals surface area contributed by atoms with Gasteiger partial charge in [-0.1, -0.05) is 37.3 Å². The maximum Gasteiger partial charge on any atom is 0.407 e. The maximum atomic E-state index is 11.9. The number of alkyl carbamates (subject to hydrolysis) is 1. The van der Waals surface area contributed by atoms with E-state index in [1.54, 1.807) is 45.0 Å². The van der Waals surface area contributed by atoms with E-state index in [1.165, 1.54) is 0 Å². The van der Waals surface area contributed by atoms with Gasteiger partial charge in [-0.3, -0.25) is 0 Å². The first-order valence-electron chi connectivity index (χ1n) is 7.18. The molecule has 6 heteroatoms. The molecule has 0 aliphatic rings. The molecule has 0 saturated heterocycles. The number of carbonyl (C=O) groups excluding carboxylic acids is 2.